The fraction of sp³-hybridized carbons (Fsp3) is 0.0278. The van der Waals surface area contributed by atoms with Gasteiger partial charge in [0.05, 0.1) is 17.1 Å². The van der Waals surface area contributed by atoms with Gasteiger partial charge in [-0.2, -0.15) is 8.42 Å². The number of nitrogens with zero attached hydrogens (tertiary/aromatic N) is 3. The summed E-state index contributed by atoms with van der Waals surface area (Å²) in [6.45, 7) is 0. The molecule has 0 spiro atoms. The summed E-state index contributed by atoms with van der Waals surface area (Å²) in [4.78, 5) is 17.6. The fourth-order valence-electron chi connectivity index (χ4n) is 4.35. The first kappa shape index (κ1) is 42.3. The van der Waals surface area contributed by atoms with E-state index in [0.717, 1.165) is 17.2 Å². The minimum atomic E-state index is -4.00. The third-order valence-corrected chi connectivity index (χ3v) is 8.18. The molecule has 6 rings (SSSR count). The van der Waals surface area contributed by atoms with Crippen molar-refractivity contribution in [1.82, 2.24) is 9.97 Å². The van der Waals surface area contributed by atoms with Crippen molar-refractivity contribution in [2.45, 2.75) is 5.75 Å². The molecule has 6 aromatic rings. The Labute approximate surface area is 328 Å². The highest BCUT2D eigenvalue weighted by atomic mass is 35.7. The van der Waals surface area contributed by atoms with Crippen LogP contribution in [0.2, 0.25) is 10.0 Å². The number of sulfonamides is 1. The number of pyridine rings is 2. The van der Waals surface area contributed by atoms with Crippen molar-refractivity contribution >= 4 is 65.0 Å². The van der Waals surface area contributed by atoms with E-state index >= 15 is 0 Å². The van der Waals surface area contributed by atoms with Crippen molar-refractivity contribution in [2.24, 2.45) is 9.54 Å². The van der Waals surface area contributed by atoms with Crippen LogP contribution in [0.4, 0.5) is 14.6 Å². The predicted octanol–water partition coefficient (Wildman–Crippen LogP) is 8.84. The molecule has 0 unspecified atom stereocenters. The van der Waals surface area contributed by atoms with E-state index in [-0.39, 0.29) is 17.3 Å². The number of carbonyl (C=O) groups excluding carboxylic acids is 1. The molecule has 19 heteroatoms. The van der Waals surface area contributed by atoms with Crippen LogP contribution >= 0.6 is 33.9 Å². The molecule has 4 N–H and O–H groups in total. The lowest BCUT2D eigenvalue weighted by Crippen LogP contribution is -2.15. The molecule has 2 heterocycles. The van der Waals surface area contributed by atoms with E-state index in [1.165, 1.54) is 42.5 Å². The van der Waals surface area contributed by atoms with E-state index in [1.54, 1.807) is 66.7 Å². The van der Waals surface area contributed by atoms with Crippen LogP contribution in [0.5, 0.6) is 23.0 Å². The molecule has 55 heavy (non-hydrogen) atoms. The number of primary sulfonamides is 1. The topological polar surface area (TPSA) is 194 Å². The number of rotatable bonds is 9. The highest BCUT2D eigenvalue weighted by Crippen LogP contribution is 2.29. The zero-order chi connectivity index (χ0) is 40.2. The Balaban J connectivity index is 0.000000211. The van der Waals surface area contributed by atoms with Crippen LogP contribution < -0.4 is 20.3 Å². The SMILES string of the molecule is NS(=O)(=O)Cc1cc(Cl)cc(-c2ccc(Oc3ccc(F)cc3)cc2)n1.Nc1cc(Cl)cc(-c2ccc(Oc3ccc(F)cc3)cc2)n1.O=C=NS(=O)(=O)Cl. The van der Waals surface area contributed by atoms with Gasteiger partial charge in [0, 0.05) is 31.9 Å². The Hall–Kier alpha value is -5.45. The Morgan fingerprint density at radius 2 is 1.02 bits per heavy atom. The van der Waals surface area contributed by atoms with Crippen molar-refractivity contribution in [3.05, 3.63) is 149 Å². The van der Waals surface area contributed by atoms with Crippen LogP contribution in [0.25, 0.3) is 22.5 Å². The maximum absolute atomic E-state index is 12.9. The van der Waals surface area contributed by atoms with E-state index in [9.17, 15) is 25.6 Å². The molecule has 0 saturated heterocycles. The Bertz CT molecular complexity index is 2490. The van der Waals surface area contributed by atoms with Crippen LogP contribution in [-0.4, -0.2) is 32.9 Å². The van der Waals surface area contributed by atoms with Crippen molar-refractivity contribution in [1.29, 1.82) is 0 Å². The number of halogens is 5. The van der Waals surface area contributed by atoms with Gasteiger partial charge in [-0.3, -0.25) is 4.98 Å². The van der Waals surface area contributed by atoms with Crippen LogP contribution in [0.3, 0.4) is 0 Å². The van der Waals surface area contributed by atoms with Crippen LogP contribution in [0.1, 0.15) is 5.69 Å². The molecular formula is C36H26Cl3F2N5O7S2. The minimum absolute atomic E-state index is 0.265. The van der Waals surface area contributed by atoms with Gasteiger partial charge in [0.2, 0.25) is 10.0 Å². The lowest BCUT2D eigenvalue weighted by Gasteiger charge is -2.08. The summed E-state index contributed by atoms with van der Waals surface area (Å²) < 4.78 is 80.9. The van der Waals surface area contributed by atoms with Crippen LogP contribution in [0, 0.1) is 11.6 Å². The van der Waals surface area contributed by atoms with Gasteiger partial charge in [-0.1, -0.05) is 27.6 Å². The normalized spacial score (nSPS) is 10.8. The van der Waals surface area contributed by atoms with E-state index in [2.05, 4.69) is 25.0 Å². The highest BCUT2D eigenvalue weighted by Gasteiger charge is 2.11. The summed E-state index contributed by atoms with van der Waals surface area (Å²) in [6, 6.07) is 32.2. The van der Waals surface area contributed by atoms with Crippen molar-refractivity contribution in [2.75, 3.05) is 5.73 Å². The van der Waals surface area contributed by atoms with Gasteiger partial charge in [-0.25, -0.2) is 32.1 Å². The first-order chi connectivity index (χ1) is 25.9. The molecule has 284 valence electrons. The van der Waals surface area contributed by atoms with Gasteiger partial charge in [0.1, 0.15) is 46.2 Å². The number of nitrogens with two attached hydrogens (primary N) is 2. The van der Waals surface area contributed by atoms with E-state index in [1.807, 2.05) is 12.1 Å². The van der Waals surface area contributed by atoms with Gasteiger partial charge in [0.25, 0.3) is 6.08 Å². The summed E-state index contributed by atoms with van der Waals surface area (Å²) in [5.41, 5.74) is 8.77. The standard InChI is InChI=1S/C18H14ClFN2O3S.C17H12ClFN2O.CClNO3S/c19-13-9-15(11-26(21,23)24)22-18(10-13)12-1-5-16(6-2-12)25-17-7-3-14(20)4-8-17;18-12-9-16(21-17(20)10-12)11-1-5-14(6-2-11)22-15-7-3-13(19)4-8-15;2-7(5,6)3-1-4/h1-10H,11H2,(H2,21,23,24);1-10H,(H2,20,21);. The highest BCUT2D eigenvalue weighted by molar-refractivity contribution is 8.12. The Morgan fingerprint density at radius 1 is 0.636 bits per heavy atom. The van der Waals surface area contributed by atoms with E-state index in [4.69, 9.17) is 48.3 Å². The number of anilines is 1. The van der Waals surface area contributed by atoms with E-state index in [0.29, 0.717) is 50.2 Å². The predicted molar refractivity (Wildman–Crippen MR) is 206 cm³/mol. The molecule has 2 aromatic heterocycles. The second-order valence-corrected chi connectivity index (χ2v) is 15.5. The zero-order valence-corrected chi connectivity index (χ0v) is 31.7. The third kappa shape index (κ3) is 15.1. The molecule has 0 radical (unpaired) electrons. The summed E-state index contributed by atoms with van der Waals surface area (Å²) >= 11 is 12.0. The summed E-state index contributed by atoms with van der Waals surface area (Å²) in [6.07, 6.45) is 0.763. The molecule has 0 fully saturated rings. The Morgan fingerprint density at radius 3 is 1.36 bits per heavy atom. The van der Waals surface area contributed by atoms with Gasteiger partial charge < -0.3 is 15.2 Å². The van der Waals surface area contributed by atoms with Crippen LogP contribution in [0.15, 0.2) is 126 Å². The van der Waals surface area contributed by atoms with Gasteiger partial charge in [0.15, 0.2) is 0 Å². The van der Waals surface area contributed by atoms with Crippen LogP contribution in [-0.2, 0) is 29.8 Å². The molecule has 4 aromatic carbocycles. The molecule has 0 aliphatic carbocycles. The van der Waals surface area contributed by atoms with Crippen molar-refractivity contribution in [3.8, 4) is 45.5 Å². The first-order valence-corrected chi connectivity index (χ1v) is 19.9. The average Bonchev–Trinajstić information content (AvgIpc) is 3.10. The number of hydrogen-bond acceptors (Lipinski definition) is 10. The first-order valence-electron chi connectivity index (χ1n) is 15.2. The second kappa shape index (κ2) is 19.2. The van der Waals surface area contributed by atoms with Crippen molar-refractivity contribution in [3.63, 3.8) is 0 Å². The smallest absolute Gasteiger partial charge is 0.350 e. The summed E-state index contributed by atoms with van der Waals surface area (Å²) in [7, 11) is -3.33. The number of isocyanates is 1. The zero-order valence-electron chi connectivity index (χ0n) is 27.8. The average molecular weight is 849 g/mol. The minimum Gasteiger partial charge on any atom is -0.457 e. The van der Waals surface area contributed by atoms with Gasteiger partial charge in [-0.05, 0) is 121 Å². The number of nitrogen functional groups attached to an aromatic ring is 1. The number of aromatic nitrogens is 2. The molecule has 12 nitrogen and oxygen atoms in total. The number of hydrogen-bond donors (Lipinski definition) is 2. The summed E-state index contributed by atoms with van der Waals surface area (Å²) in [5, 5.41) is 5.96. The number of ether oxygens (including phenoxy) is 2. The lowest BCUT2D eigenvalue weighted by atomic mass is 10.1. The molecule has 0 aliphatic rings. The van der Waals surface area contributed by atoms with Gasteiger partial charge in [-0.15, -0.1) is 0 Å². The largest absolute Gasteiger partial charge is 0.457 e. The Kier molecular flexibility index (Phi) is 14.8. The molecule has 0 amide bonds. The van der Waals surface area contributed by atoms with Gasteiger partial charge >= 0.3 is 9.24 Å². The lowest BCUT2D eigenvalue weighted by molar-refractivity contribution is 0.480. The molecule has 0 atom stereocenters. The molecule has 0 aliphatic heterocycles. The molecular weight excluding hydrogens is 823 g/mol. The molecule has 0 bridgehead atoms. The van der Waals surface area contributed by atoms with Crippen molar-refractivity contribution < 1.29 is 39.9 Å². The fourth-order valence-corrected chi connectivity index (χ4v) is 5.53. The van der Waals surface area contributed by atoms with E-state index < -0.39 is 25.0 Å². The maximum Gasteiger partial charge on any atom is 0.350 e. The number of benzene rings is 4. The third-order valence-electron chi connectivity index (χ3n) is 6.55. The maximum atomic E-state index is 12.9. The monoisotopic (exact) mass is 847 g/mol. The summed E-state index contributed by atoms with van der Waals surface area (Å²) in [5.74, 6) is 1.62. The second-order valence-electron chi connectivity index (χ2n) is 10.8. The quantitative estimate of drug-likeness (QED) is 0.0806. The molecule has 0 saturated carbocycles.